The quantitative estimate of drug-likeness (QED) is 0.560. The molecule has 1 aromatic heterocycles. The molecule has 0 radical (unpaired) electrons. The normalized spacial score (nSPS) is 9.12. The first-order valence-corrected chi connectivity index (χ1v) is 3.16. The summed E-state index contributed by atoms with van der Waals surface area (Å²) in [5.74, 6) is 0. The number of aryl methyl sites for hydroxylation is 1. The van der Waals surface area contributed by atoms with Crippen LogP contribution in [0.3, 0.4) is 0 Å². The van der Waals surface area contributed by atoms with E-state index in [-0.39, 0.29) is 0 Å². The summed E-state index contributed by atoms with van der Waals surface area (Å²) in [7, 11) is 0. The van der Waals surface area contributed by atoms with Crippen LogP contribution in [0, 0.1) is 6.92 Å². The van der Waals surface area contributed by atoms with Gasteiger partial charge in [0.15, 0.2) is 0 Å². The van der Waals surface area contributed by atoms with E-state index in [4.69, 9.17) is 0 Å². The molecule has 0 saturated carbocycles. The van der Waals surface area contributed by atoms with E-state index < -0.39 is 0 Å². The van der Waals surface area contributed by atoms with Crippen molar-refractivity contribution in [1.82, 2.24) is 4.37 Å². The molecule has 0 saturated heterocycles. The monoisotopic (exact) mass is 125 g/mol. The Hall–Kier alpha value is -0.630. The van der Waals surface area contributed by atoms with Gasteiger partial charge >= 0.3 is 0 Å². The van der Waals surface area contributed by atoms with E-state index >= 15 is 0 Å². The number of nitrogens with zero attached hydrogens (tertiary/aromatic N) is 1. The van der Waals surface area contributed by atoms with Crippen molar-refractivity contribution in [2.24, 2.45) is 0 Å². The molecule has 0 atom stereocenters. The van der Waals surface area contributed by atoms with Gasteiger partial charge in [0.25, 0.3) is 0 Å². The van der Waals surface area contributed by atoms with Gasteiger partial charge in [0, 0.05) is 4.88 Å². The van der Waals surface area contributed by atoms with Crippen LogP contribution in [-0.2, 0) is 0 Å². The molecular weight excluding hydrogens is 118 g/mol. The highest BCUT2D eigenvalue weighted by Gasteiger charge is 1.88. The summed E-state index contributed by atoms with van der Waals surface area (Å²) in [6.45, 7) is 5.62. The van der Waals surface area contributed by atoms with Gasteiger partial charge in [-0.3, -0.25) is 0 Å². The van der Waals surface area contributed by atoms with Crippen molar-refractivity contribution < 1.29 is 0 Å². The Morgan fingerprint density at radius 1 is 1.88 bits per heavy atom. The van der Waals surface area contributed by atoms with Gasteiger partial charge in [0.05, 0.1) is 5.69 Å². The molecule has 42 valence electrons. The highest BCUT2D eigenvalue weighted by molar-refractivity contribution is 7.05. The molecule has 0 N–H and O–H groups in total. The lowest BCUT2D eigenvalue weighted by Gasteiger charge is -1.71. The molecule has 0 bridgehead atoms. The Labute approximate surface area is 52.8 Å². The highest BCUT2D eigenvalue weighted by atomic mass is 32.1. The van der Waals surface area contributed by atoms with Gasteiger partial charge in [0.1, 0.15) is 0 Å². The van der Waals surface area contributed by atoms with Crippen molar-refractivity contribution in [2.45, 2.75) is 6.92 Å². The van der Waals surface area contributed by atoms with E-state index in [9.17, 15) is 0 Å². The molecule has 0 fully saturated rings. The lowest BCUT2D eigenvalue weighted by molar-refractivity contribution is 1.51. The summed E-state index contributed by atoms with van der Waals surface area (Å²) in [5, 5.41) is 0. The van der Waals surface area contributed by atoms with E-state index in [2.05, 4.69) is 11.0 Å². The van der Waals surface area contributed by atoms with Crippen LogP contribution in [0.2, 0.25) is 0 Å². The number of rotatable bonds is 1. The van der Waals surface area contributed by atoms with Crippen molar-refractivity contribution in [1.29, 1.82) is 0 Å². The van der Waals surface area contributed by atoms with Crippen LogP contribution < -0.4 is 0 Å². The van der Waals surface area contributed by atoms with E-state index in [0.29, 0.717) is 0 Å². The van der Waals surface area contributed by atoms with Gasteiger partial charge in [0.2, 0.25) is 0 Å². The zero-order valence-corrected chi connectivity index (χ0v) is 5.53. The number of hydrogen-bond donors (Lipinski definition) is 0. The SMILES string of the molecule is C=Cc1cc(C)sn1. The van der Waals surface area contributed by atoms with Crippen LogP contribution in [0.25, 0.3) is 6.08 Å². The Balaban J connectivity index is 3.00. The molecule has 0 aliphatic rings. The fourth-order valence-electron chi connectivity index (χ4n) is 0.482. The molecule has 2 heteroatoms. The summed E-state index contributed by atoms with van der Waals surface area (Å²) >= 11 is 1.51. The minimum absolute atomic E-state index is 0.979. The van der Waals surface area contributed by atoms with Crippen LogP contribution >= 0.6 is 11.5 Å². The van der Waals surface area contributed by atoms with Crippen molar-refractivity contribution in [3.8, 4) is 0 Å². The first-order valence-electron chi connectivity index (χ1n) is 2.38. The molecule has 1 nitrogen and oxygen atoms in total. The molecule has 0 aromatic carbocycles. The second kappa shape index (κ2) is 2.09. The summed E-state index contributed by atoms with van der Waals surface area (Å²) in [5.41, 5.74) is 0.979. The molecule has 0 aliphatic carbocycles. The van der Waals surface area contributed by atoms with Gasteiger partial charge in [-0.25, -0.2) is 0 Å². The van der Waals surface area contributed by atoms with E-state index in [0.717, 1.165) is 5.69 Å². The molecule has 0 spiro atoms. The highest BCUT2D eigenvalue weighted by Crippen LogP contribution is 2.07. The first kappa shape index (κ1) is 5.51. The Morgan fingerprint density at radius 2 is 2.62 bits per heavy atom. The van der Waals surface area contributed by atoms with Crippen LogP contribution in [-0.4, -0.2) is 4.37 Å². The van der Waals surface area contributed by atoms with Crippen molar-refractivity contribution in [3.05, 3.63) is 23.2 Å². The summed E-state index contributed by atoms with van der Waals surface area (Å²) < 4.78 is 4.06. The third-order valence-corrected chi connectivity index (χ3v) is 1.56. The Bertz CT molecular complexity index is 190. The minimum Gasteiger partial charge on any atom is -0.193 e. The van der Waals surface area contributed by atoms with Gasteiger partial charge in [-0.2, -0.15) is 4.37 Å². The van der Waals surface area contributed by atoms with Crippen LogP contribution in [0.5, 0.6) is 0 Å². The molecule has 1 aromatic rings. The minimum atomic E-state index is 0.979. The fraction of sp³-hybridized carbons (Fsp3) is 0.167. The average Bonchev–Trinajstić information content (AvgIpc) is 2.14. The van der Waals surface area contributed by atoms with Crippen LogP contribution in [0.1, 0.15) is 10.6 Å². The standard InChI is InChI=1S/C6H7NS/c1-3-6-4-5(2)8-7-6/h3-4H,1H2,2H3. The Kier molecular flexibility index (Phi) is 1.44. The maximum absolute atomic E-state index is 4.06. The Morgan fingerprint density at radius 3 is 2.88 bits per heavy atom. The summed E-state index contributed by atoms with van der Waals surface area (Å²) in [4.78, 5) is 1.24. The van der Waals surface area contributed by atoms with E-state index in [1.807, 2.05) is 13.0 Å². The molecular formula is C6H7NS. The smallest absolute Gasteiger partial charge is 0.0765 e. The van der Waals surface area contributed by atoms with E-state index in [1.54, 1.807) is 6.08 Å². The third-order valence-electron chi connectivity index (χ3n) is 0.855. The maximum Gasteiger partial charge on any atom is 0.0765 e. The zero-order valence-electron chi connectivity index (χ0n) is 4.72. The fourth-order valence-corrected chi connectivity index (χ4v) is 1.03. The van der Waals surface area contributed by atoms with Gasteiger partial charge in [-0.15, -0.1) is 0 Å². The second-order valence-electron chi connectivity index (χ2n) is 1.57. The zero-order chi connectivity index (χ0) is 5.98. The molecule has 0 unspecified atom stereocenters. The topological polar surface area (TPSA) is 12.9 Å². The largest absolute Gasteiger partial charge is 0.193 e. The summed E-state index contributed by atoms with van der Waals surface area (Å²) in [6.07, 6.45) is 1.75. The predicted molar refractivity (Wildman–Crippen MR) is 36.9 cm³/mol. The first-order chi connectivity index (χ1) is 3.83. The van der Waals surface area contributed by atoms with Gasteiger partial charge in [-0.05, 0) is 30.6 Å². The lowest BCUT2D eigenvalue weighted by atomic mass is 10.4. The van der Waals surface area contributed by atoms with Gasteiger partial charge < -0.3 is 0 Å². The molecule has 1 rings (SSSR count). The van der Waals surface area contributed by atoms with Crippen LogP contribution in [0.15, 0.2) is 12.6 Å². The van der Waals surface area contributed by atoms with Gasteiger partial charge in [-0.1, -0.05) is 6.58 Å². The number of aromatic nitrogens is 1. The van der Waals surface area contributed by atoms with Crippen molar-refractivity contribution >= 4 is 17.6 Å². The van der Waals surface area contributed by atoms with E-state index in [1.165, 1.54) is 16.4 Å². The second-order valence-corrected chi connectivity index (χ2v) is 2.58. The third kappa shape index (κ3) is 0.954. The summed E-state index contributed by atoms with van der Waals surface area (Å²) in [6, 6.07) is 2.01. The predicted octanol–water partition coefficient (Wildman–Crippen LogP) is 2.09. The maximum atomic E-state index is 4.06. The number of hydrogen-bond acceptors (Lipinski definition) is 2. The molecule has 8 heavy (non-hydrogen) atoms. The molecule has 1 heterocycles. The van der Waals surface area contributed by atoms with Crippen molar-refractivity contribution in [2.75, 3.05) is 0 Å². The lowest BCUT2D eigenvalue weighted by Crippen LogP contribution is -1.60. The molecule has 0 amide bonds. The van der Waals surface area contributed by atoms with Crippen LogP contribution in [0.4, 0.5) is 0 Å². The van der Waals surface area contributed by atoms with Crippen molar-refractivity contribution in [3.63, 3.8) is 0 Å². The molecule has 0 aliphatic heterocycles. The average molecular weight is 125 g/mol.